The number of nitrogens with one attached hydrogen (secondary N) is 1. The summed E-state index contributed by atoms with van der Waals surface area (Å²) in [5, 5.41) is 4.02. The molecule has 2 aromatic heterocycles. The highest BCUT2D eigenvalue weighted by Gasteiger charge is 2.21. The zero-order valence-corrected chi connectivity index (χ0v) is 15.2. The maximum absolute atomic E-state index is 12.4. The smallest absolute Gasteiger partial charge is 0.273 e. The second-order valence-corrected chi connectivity index (χ2v) is 6.82. The minimum Gasteiger partial charge on any atom is -0.482 e. The van der Waals surface area contributed by atoms with Gasteiger partial charge in [-0.15, -0.1) is 0 Å². The van der Waals surface area contributed by atoms with E-state index >= 15 is 0 Å². The van der Waals surface area contributed by atoms with E-state index in [0.29, 0.717) is 11.6 Å². The number of nitrogens with zero attached hydrogens (tertiary/aromatic N) is 3. The summed E-state index contributed by atoms with van der Waals surface area (Å²) in [6.45, 7) is 2.06. The van der Waals surface area contributed by atoms with Crippen LogP contribution in [0.5, 0.6) is 5.75 Å². The lowest BCUT2D eigenvalue weighted by molar-refractivity contribution is 0.0907. The summed E-state index contributed by atoms with van der Waals surface area (Å²) in [6, 6.07) is 9.75. The number of hydrogen-bond acceptors (Lipinski definition) is 6. The highest BCUT2D eigenvalue weighted by Crippen LogP contribution is 2.23. The van der Waals surface area contributed by atoms with Crippen LogP contribution < -0.4 is 10.1 Å². The molecule has 1 atom stereocenters. The van der Waals surface area contributed by atoms with Crippen molar-refractivity contribution >= 4 is 16.8 Å². The van der Waals surface area contributed by atoms with E-state index in [0.717, 1.165) is 36.8 Å². The lowest BCUT2D eigenvalue weighted by Crippen LogP contribution is -2.46. The zero-order valence-electron chi connectivity index (χ0n) is 15.2. The molecule has 27 heavy (non-hydrogen) atoms. The highest BCUT2D eigenvalue weighted by atomic mass is 16.5. The summed E-state index contributed by atoms with van der Waals surface area (Å²) in [4.78, 5) is 23.2. The molecular formula is C20H22N4O3. The topological polar surface area (TPSA) is 80.5 Å². The molecule has 1 unspecified atom stereocenters. The molecule has 0 aliphatic carbocycles. The number of fused-ring (bicyclic) bond motifs is 1. The van der Waals surface area contributed by atoms with Gasteiger partial charge in [0.15, 0.2) is 12.3 Å². The van der Waals surface area contributed by atoms with Crippen molar-refractivity contribution in [3.8, 4) is 5.75 Å². The lowest BCUT2D eigenvalue weighted by atomic mass is 10.1. The number of likely N-dealkylation sites (N-methyl/N-ethyl adjacent to an activating group) is 1. The Balaban J connectivity index is 1.38. The average Bonchev–Trinajstić information content (AvgIpc) is 3.15. The predicted molar refractivity (Wildman–Crippen MR) is 101 cm³/mol. The number of aromatic nitrogens is 2. The van der Waals surface area contributed by atoms with Gasteiger partial charge >= 0.3 is 0 Å². The van der Waals surface area contributed by atoms with Crippen LogP contribution in [-0.2, 0) is 6.61 Å². The van der Waals surface area contributed by atoms with Crippen molar-refractivity contribution in [1.29, 1.82) is 0 Å². The second kappa shape index (κ2) is 7.75. The maximum atomic E-state index is 12.4. The summed E-state index contributed by atoms with van der Waals surface area (Å²) >= 11 is 0. The average molecular weight is 366 g/mol. The van der Waals surface area contributed by atoms with Crippen molar-refractivity contribution in [2.45, 2.75) is 25.5 Å². The van der Waals surface area contributed by atoms with Crippen LogP contribution in [0, 0.1) is 0 Å². The summed E-state index contributed by atoms with van der Waals surface area (Å²) in [5.74, 6) is 0.800. The molecule has 7 heteroatoms. The number of piperidine rings is 1. The van der Waals surface area contributed by atoms with E-state index in [-0.39, 0.29) is 24.2 Å². The number of hydrogen-bond donors (Lipinski definition) is 1. The van der Waals surface area contributed by atoms with Gasteiger partial charge in [-0.3, -0.25) is 9.78 Å². The van der Waals surface area contributed by atoms with Gasteiger partial charge in [0.05, 0.1) is 0 Å². The minimum absolute atomic E-state index is 0.134. The molecular weight excluding hydrogens is 344 g/mol. The van der Waals surface area contributed by atoms with Gasteiger partial charge in [-0.1, -0.05) is 18.2 Å². The standard InChI is InChI=1S/C20H22N4O3/c1-24-10-4-7-15(11-24)22-20(25)16-12-27-18(23-16)13-26-17-8-2-5-14-6-3-9-21-19(14)17/h2-3,5-6,8-9,12,15H,4,7,10-11,13H2,1H3,(H,22,25). The number of likely N-dealkylation sites (tertiary alicyclic amines) is 1. The fraction of sp³-hybridized carbons (Fsp3) is 0.350. The Hall–Kier alpha value is -2.93. The SMILES string of the molecule is CN1CCCC(NC(=O)c2coc(COc3cccc4cccnc34)n2)C1. The Kier molecular flexibility index (Phi) is 5.02. The van der Waals surface area contributed by atoms with Gasteiger partial charge in [0.2, 0.25) is 5.89 Å². The zero-order chi connectivity index (χ0) is 18.6. The number of oxazole rings is 1. The molecule has 1 amide bonds. The quantitative estimate of drug-likeness (QED) is 0.748. The van der Waals surface area contributed by atoms with E-state index < -0.39 is 0 Å². The number of rotatable bonds is 5. The van der Waals surface area contributed by atoms with Gasteiger partial charge in [0.1, 0.15) is 17.5 Å². The first kappa shape index (κ1) is 17.5. The Morgan fingerprint density at radius 1 is 1.37 bits per heavy atom. The largest absolute Gasteiger partial charge is 0.482 e. The van der Waals surface area contributed by atoms with E-state index in [1.54, 1.807) is 6.20 Å². The summed E-state index contributed by atoms with van der Waals surface area (Å²) in [6.07, 6.45) is 5.17. The molecule has 0 saturated carbocycles. The summed E-state index contributed by atoms with van der Waals surface area (Å²) in [5.41, 5.74) is 1.06. The summed E-state index contributed by atoms with van der Waals surface area (Å²) in [7, 11) is 2.06. The van der Waals surface area contributed by atoms with Crippen LogP contribution in [0.15, 0.2) is 47.2 Å². The fourth-order valence-corrected chi connectivity index (χ4v) is 3.36. The molecule has 0 radical (unpaired) electrons. The van der Waals surface area contributed by atoms with Crippen LogP contribution in [0.3, 0.4) is 0 Å². The van der Waals surface area contributed by atoms with Crippen LogP contribution in [-0.4, -0.2) is 47.0 Å². The summed E-state index contributed by atoms with van der Waals surface area (Å²) < 4.78 is 11.2. The van der Waals surface area contributed by atoms with Crippen molar-refractivity contribution in [2.24, 2.45) is 0 Å². The number of carbonyl (C=O) groups is 1. The number of benzene rings is 1. The van der Waals surface area contributed by atoms with E-state index in [1.165, 1.54) is 6.26 Å². The van der Waals surface area contributed by atoms with Crippen molar-refractivity contribution in [3.63, 3.8) is 0 Å². The molecule has 7 nitrogen and oxygen atoms in total. The second-order valence-electron chi connectivity index (χ2n) is 6.82. The number of pyridine rings is 1. The predicted octanol–water partition coefficient (Wildman–Crippen LogP) is 2.63. The van der Waals surface area contributed by atoms with Gasteiger partial charge in [-0.05, 0) is 38.6 Å². The number of amides is 1. The van der Waals surface area contributed by atoms with Gasteiger partial charge in [0.25, 0.3) is 5.91 Å². The van der Waals surface area contributed by atoms with Gasteiger partial charge in [0, 0.05) is 24.2 Å². The van der Waals surface area contributed by atoms with Gasteiger partial charge in [-0.25, -0.2) is 4.98 Å². The van der Waals surface area contributed by atoms with Crippen LogP contribution in [0.2, 0.25) is 0 Å². The number of para-hydroxylation sites is 1. The first-order valence-electron chi connectivity index (χ1n) is 9.09. The van der Waals surface area contributed by atoms with E-state index in [9.17, 15) is 4.79 Å². The lowest BCUT2D eigenvalue weighted by Gasteiger charge is -2.29. The highest BCUT2D eigenvalue weighted by molar-refractivity contribution is 5.92. The van der Waals surface area contributed by atoms with Crippen molar-refractivity contribution in [1.82, 2.24) is 20.2 Å². The van der Waals surface area contributed by atoms with Crippen molar-refractivity contribution in [3.05, 3.63) is 54.4 Å². The maximum Gasteiger partial charge on any atom is 0.273 e. The normalized spacial score (nSPS) is 17.7. The first-order valence-corrected chi connectivity index (χ1v) is 9.09. The van der Waals surface area contributed by atoms with Crippen LogP contribution in [0.1, 0.15) is 29.2 Å². The Morgan fingerprint density at radius 3 is 3.15 bits per heavy atom. The molecule has 140 valence electrons. The number of carbonyl (C=O) groups excluding carboxylic acids is 1. The van der Waals surface area contributed by atoms with Gasteiger partial charge < -0.3 is 19.4 Å². The minimum atomic E-state index is -0.211. The molecule has 1 saturated heterocycles. The molecule has 1 fully saturated rings. The molecule has 4 rings (SSSR count). The van der Waals surface area contributed by atoms with Crippen LogP contribution in [0.25, 0.3) is 10.9 Å². The van der Waals surface area contributed by atoms with E-state index in [1.807, 2.05) is 30.3 Å². The molecule has 1 aromatic carbocycles. The van der Waals surface area contributed by atoms with Crippen LogP contribution >= 0.6 is 0 Å². The number of ether oxygens (including phenoxy) is 1. The molecule has 1 aliphatic rings. The molecule has 3 aromatic rings. The van der Waals surface area contributed by atoms with E-state index in [4.69, 9.17) is 9.15 Å². The molecule has 0 spiro atoms. The third-order valence-corrected chi connectivity index (χ3v) is 4.69. The molecule has 0 bridgehead atoms. The third kappa shape index (κ3) is 4.09. The third-order valence-electron chi connectivity index (χ3n) is 4.69. The Morgan fingerprint density at radius 2 is 2.26 bits per heavy atom. The monoisotopic (exact) mass is 366 g/mol. The van der Waals surface area contributed by atoms with E-state index in [2.05, 4.69) is 27.2 Å². The molecule has 3 heterocycles. The first-order chi connectivity index (χ1) is 13.2. The Bertz CT molecular complexity index is 934. The van der Waals surface area contributed by atoms with Crippen molar-refractivity contribution in [2.75, 3.05) is 20.1 Å². The van der Waals surface area contributed by atoms with Crippen molar-refractivity contribution < 1.29 is 13.9 Å². The molecule has 1 aliphatic heterocycles. The molecule has 1 N–H and O–H groups in total. The van der Waals surface area contributed by atoms with Gasteiger partial charge in [-0.2, -0.15) is 0 Å². The fourth-order valence-electron chi connectivity index (χ4n) is 3.36. The Labute approximate surface area is 157 Å². The van der Waals surface area contributed by atoms with Crippen LogP contribution in [0.4, 0.5) is 0 Å².